The van der Waals surface area contributed by atoms with Crippen molar-refractivity contribution >= 4 is 29.7 Å². The molecule has 0 aromatic heterocycles. The van der Waals surface area contributed by atoms with E-state index in [0.29, 0.717) is 5.71 Å². The molecule has 1 heterocycles. The normalized spacial score (nSPS) is 17.6. The number of carbonyl (C=O) groups excluding carboxylic acids is 4. The van der Waals surface area contributed by atoms with E-state index >= 15 is 0 Å². The molecule has 11 nitrogen and oxygen atoms in total. The molecular weight excluding hydrogens is 554 g/mol. The fraction of sp³-hybridized carbons (Fsp3) is 0.469. The summed E-state index contributed by atoms with van der Waals surface area (Å²) in [7, 11) is 1.17. The standard InChI is InChI=1S/C32H41N3O8/c1-21(2)27(34-30(39)41-20-23-15-11-8-12-16-23)25-19-32(43-35-25,18-22-13-9-7-10-14-22)29(38)33-24(28(37)40-6)17-26(36)42-31(3,4)5/h7-16,21,24,27H,17-20H2,1-6H3,(H,33,38)(H,34,39)/t24-,27-,32?/m0/s1. The van der Waals surface area contributed by atoms with Gasteiger partial charge in [-0.1, -0.05) is 79.7 Å². The summed E-state index contributed by atoms with van der Waals surface area (Å²) in [6.45, 7) is 8.99. The molecule has 0 saturated heterocycles. The quantitative estimate of drug-likeness (QED) is 0.276. The molecule has 43 heavy (non-hydrogen) atoms. The van der Waals surface area contributed by atoms with Crippen molar-refractivity contribution in [1.29, 1.82) is 0 Å². The van der Waals surface area contributed by atoms with Gasteiger partial charge in [-0.15, -0.1) is 0 Å². The molecule has 1 aliphatic heterocycles. The molecule has 2 aromatic rings. The summed E-state index contributed by atoms with van der Waals surface area (Å²) < 4.78 is 15.6. The Hall–Kier alpha value is -4.41. The van der Waals surface area contributed by atoms with Crippen molar-refractivity contribution < 1.29 is 38.2 Å². The average Bonchev–Trinajstić information content (AvgIpc) is 3.38. The van der Waals surface area contributed by atoms with Crippen LogP contribution in [-0.2, 0) is 46.5 Å². The van der Waals surface area contributed by atoms with Crippen molar-refractivity contribution in [2.75, 3.05) is 7.11 Å². The molecule has 1 unspecified atom stereocenters. The third-order valence-corrected chi connectivity index (χ3v) is 6.64. The Morgan fingerprint density at radius 3 is 2.12 bits per heavy atom. The monoisotopic (exact) mass is 595 g/mol. The molecule has 1 aliphatic rings. The molecule has 3 rings (SSSR count). The molecule has 0 bridgehead atoms. The van der Waals surface area contributed by atoms with Gasteiger partial charge >= 0.3 is 18.0 Å². The summed E-state index contributed by atoms with van der Waals surface area (Å²) in [6, 6.07) is 16.6. The second-order valence-corrected chi connectivity index (χ2v) is 11.8. The van der Waals surface area contributed by atoms with E-state index in [4.69, 9.17) is 19.0 Å². The van der Waals surface area contributed by atoms with Crippen LogP contribution in [0.3, 0.4) is 0 Å². The number of rotatable bonds is 12. The number of methoxy groups -OCH3 is 1. The lowest BCUT2D eigenvalue weighted by Gasteiger charge is -2.29. The number of nitrogens with zero attached hydrogens (tertiary/aromatic N) is 1. The molecule has 232 valence electrons. The van der Waals surface area contributed by atoms with Crippen LogP contribution in [-0.4, -0.2) is 60.0 Å². The van der Waals surface area contributed by atoms with E-state index in [1.165, 1.54) is 7.11 Å². The van der Waals surface area contributed by atoms with Gasteiger partial charge in [-0.05, 0) is 37.8 Å². The zero-order valence-electron chi connectivity index (χ0n) is 25.5. The SMILES string of the molecule is COC(=O)[C@H](CC(=O)OC(C)(C)C)NC(=O)C1(Cc2ccccc2)CC([C@@H](NC(=O)OCc2ccccc2)C(C)C)=NO1. The fourth-order valence-electron chi connectivity index (χ4n) is 4.59. The molecule has 2 aromatic carbocycles. The minimum atomic E-state index is -1.57. The molecule has 0 aliphatic carbocycles. The lowest BCUT2D eigenvalue weighted by atomic mass is 9.85. The van der Waals surface area contributed by atoms with Crippen LogP contribution >= 0.6 is 0 Å². The summed E-state index contributed by atoms with van der Waals surface area (Å²) >= 11 is 0. The third kappa shape index (κ3) is 9.83. The van der Waals surface area contributed by atoms with Crippen molar-refractivity contribution in [3.05, 3.63) is 71.8 Å². The minimum Gasteiger partial charge on any atom is -0.467 e. The molecule has 3 atom stereocenters. The van der Waals surface area contributed by atoms with Crippen LogP contribution in [0.15, 0.2) is 65.8 Å². The number of benzene rings is 2. The van der Waals surface area contributed by atoms with Crippen LogP contribution in [0.1, 0.15) is 58.6 Å². The second kappa shape index (κ2) is 14.7. The molecule has 0 fully saturated rings. The Morgan fingerprint density at radius 1 is 0.953 bits per heavy atom. The highest BCUT2D eigenvalue weighted by Crippen LogP contribution is 2.31. The van der Waals surface area contributed by atoms with Crippen LogP contribution in [0.5, 0.6) is 0 Å². The molecule has 2 N–H and O–H groups in total. The average molecular weight is 596 g/mol. The van der Waals surface area contributed by atoms with Crippen LogP contribution in [0.2, 0.25) is 0 Å². The van der Waals surface area contributed by atoms with E-state index in [1.807, 2.05) is 74.5 Å². The van der Waals surface area contributed by atoms with E-state index in [-0.39, 0.29) is 25.4 Å². The Bertz CT molecular complexity index is 1290. The molecular formula is C32H41N3O8. The van der Waals surface area contributed by atoms with E-state index in [2.05, 4.69) is 15.8 Å². The summed E-state index contributed by atoms with van der Waals surface area (Å²) in [5.74, 6) is -2.28. The van der Waals surface area contributed by atoms with Crippen LogP contribution in [0.25, 0.3) is 0 Å². The number of oxime groups is 1. The van der Waals surface area contributed by atoms with Crippen molar-refractivity contribution in [2.45, 2.75) is 83.8 Å². The van der Waals surface area contributed by atoms with E-state index < -0.39 is 53.6 Å². The number of esters is 2. The van der Waals surface area contributed by atoms with Crippen molar-refractivity contribution in [2.24, 2.45) is 11.1 Å². The third-order valence-electron chi connectivity index (χ3n) is 6.64. The van der Waals surface area contributed by atoms with Gasteiger partial charge < -0.3 is 29.7 Å². The van der Waals surface area contributed by atoms with Gasteiger partial charge in [0.05, 0.1) is 25.3 Å². The molecule has 11 heteroatoms. The van der Waals surface area contributed by atoms with Gasteiger partial charge in [0.1, 0.15) is 18.2 Å². The lowest BCUT2D eigenvalue weighted by Crippen LogP contribution is -2.55. The predicted octanol–water partition coefficient (Wildman–Crippen LogP) is 4.08. The number of alkyl carbamates (subject to hydrolysis) is 1. The number of hydrogen-bond acceptors (Lipinski definition) is 9. The first kappa shape index (κ1) is 33.1. The Balaban J connectivity index is 1.80. The number of ether oxygens (including phenoxy) is 3. The highest BCUT2D eigenvalue weighted by Gasteiger charge is 2.50. The first-order chi connectivity index (χ1) is 20.3. The lowest BCUT2D eigenvalue weighted by molar-refractivity contribution is -0.160. The van der Waals surface area contributed by atoms with Gasteiger partial charge in [0, 0.05) is 12.8 Å². The number of carbonyl (C=O) groups is 4. The van der Waals surface area contributed by atoms with Gasteiger partial charge in [-0.2, -0.15) is 0 Å². The zero-order chi connectivity index (χ0) is 31.6. The Morgan fingerprint density at radius 2 is 1.56 bits per heavy atom. The summed E-state index contributed by atoms with van der Waals surface area (Å²) in [6.07, 6.45) is -0.959. The highest BCUT2D eigenvalue weighted by atomic mass is 16.7. The maximum absolute atomic E-state index is 13.9. The number of amides is 2. The first-order valence-electron chi connectivity index (χ1n) is 14.2. The summed E-state index contributed by atoms with van der Waals surface area (Å²) in [4.78, 5) is 57.6. The smallest absolute Gasteiger partial charge is 0.408 e. The fourth-order valence-corrected chi connectivity index (χ4v) is 4.59. The van der Waals surface area contributed by atoms with Crippen LogP contribution in [0, 0.1) is 5.92 Å². The Labute approximate surface area is 252 Å². The van der Waals surface area contributed by atoms with Crippen molar-refractivity contribution in [3.8, 4) is 0 Å². The summed E-state index contributed by atoms with van der Waals surface area (Å²) in [5, 5.41) is 9.74. The van der Waals surface area contributed by atoms with Crippen LogP contribution < -0.4 is 10.6 Å². The first-order valence-corrected chi connectivity index (χ1v) is 14.2. The number of hydrogen-bond donors (Lipinski definition) is 2. The largest absolute Gasteiger partial charge is 0.467 e. The van der Waals surface area contributed by atoms with Crippen molar-refractivity contribution in [3.63, 3.8) is 0 Å². The molecule has 0 spiro atoms. The van der Waals surface area contributed by atoms with E-state index in [0.717, 1.165) is 11.1 Å². The van der Waals surface area contributed by atoms with Gasteiger partial charge in [0.25, 0.3) is 5.91 Å². The summed E-state index contributed by atoms with van der Waals surface area (Å²) in [5.41, 5.74) is -0.300. The maximum Gasteiger partial charge on any atom is 0.408 e. The molecule has 0 radical (unpaired) electrons. The predicted molar refractivity (Wildman–Crippen MR) is 159 cm³/mol. The van der Waals surface area contributed by atoms with Gasteiger partial charge in [0.2, 0.25) is 5.60 Å². The van der Waals surface area contributed by atoms with Crippen molar-refractivity contribution in [1.82, 2.24) is 10.6 Å². The minimum absolute atomic E-state index is 0.00979. The topological polar surface area (TPSA) is 142 Å². The number of nitrogens with one attached hydrogen (secondary N) is 2. The molecule has 0 saturated carbocycles. The highest BCUT2D eigenvalue weighted by molar-refractivity contribution is 6.01. The van der Waals surface area contributed by atoms with Gasteiger partial charge in [-0.25, -0.2) is 9.59 Å². The van der Waals surface area contributed by atoms with E-state index in [9.17, 15) is 19.2 Å². The molecule has 2 amide bonds. The van der Waals surface area contributed by atoms with Crippen LogP contribution in [0.4, 0.5) is 4.79 Å². The maximum atomic E-state index is 13.9. The van der Waals surface area contributed by atoms with Gasteiger partial charge in [0.15, 0.2) is 0 Å². The second-order valence-electron chi connectivity index (χ2n) is 11.8. The van der Waals surface area contributed by atoms with E-state index in [1.54, 1.807) is 20.8 Å². The Kier molecular flexibility index (Phi) is 11.3. The zero-order valence-corrected chi connectivity index (χ0v) is 25.5. The van der Waals surface area contributed by atoms with Gasteiger partial charge in [-0.3, -0.25) is 9.59 Å².